The van der Waals surface area contributed by atoms with Gasteiger partial charge in [0.1, 0.15) is 0 Å². The van der Waals surface area contributed by atoms with E-state index in [4.69, 9.17) is 5.26 Å². The van der Waals surface area contributed by atoms with Gasteiger partial charge in [0.2, 0.25) is 0 Å². The number of carbonyl (C=O) groups excluding carboxylic acids is 1. The maximum atomic E-state index is 12.7. The first-order valence-electron chi connectivity index (χ1n) is 7.80. The number of aliphatic hydroxyl groups is 1. The van der Waals surface area contributed by atoms with Gasteiger partial charge in [0.15, 0.2) is 0 Å². The Morgan fingerprint density at radius 2 is 2.00 bits per heavy atom. The summed E-state index contributed by atoms with van der Waals surface area (Å²) in [5.41, 5.74) is 1.90. The quantitative estimate of drug-likeness (QED) is 0.901. The molecular formula is C18H18N4O2. The Morgan fingerprint density at radius 1 is 1.21 bits per heavy atom. The summed E-state index contributed by atoms with van der Waals surface area (Å²) in [5, 5.41) is 19.3. The Balaban J connectivity index is 1.76. The molecule has 3 rings (SSSR count). The van der Waals surface area contributed by atoms with E-state index in [0.717, 1.165) is 5.69 Å². The first kappa shape index (κ1) is 16.0. The number of aliphatic hydroxyl groups excluding tert-OH is 1. The molecule has 6 nitrogen and oxygen atoms in total. The van der Waals surface area contributed by atoms with Crippen LogP contribution in [0.3, 0.4) is 0 Å². The largest absolute Gasteiger partial charge is 0.389 e. The van der Waals surface area contributed by atoms with Crippen molar-refractivity contribution in [2.24, 2.45) is 0 Å². The van der Waals surface area contributed by atoms with Crippen LogP contribution >= 0.6 is 0 Å². The summed E-state index contributed by atoms with van der Waals surface area (Å²) >= 11 is 0. The molecule has 1 saturated heterocycles. The Kier molecular flexibility index (Phi) is 4.73. The van der Waals surface area contributed by atoms with Crippen LogP contribution in [0.5, 0.6) is 0 Å². The minimum Gasteiger partial charge on any atom is -0.389 e. The molecule has 1 aromatic carbocycles. The molecule has 1 aliphatic rings. The third kappa shape index (κ3) is 3.53. The number of pyridine rings is 1. The van der Waals surface area contributed by atoms with Crippen molar-refractivity contribution in [1.29, 1.82) is 5.26 Å². The first-order valence-corrected chi connectivity index (χ1v) is 7.80. The van der Waals surface area contributed by atoms with Crippen molar-refractivity contribution in [3.8, 4) is 6.07 Å². The average molecular weight is 322 g/mol. The van der Waals surface area contributed by atoms with E-state index >= 15 is 0 Å². The lowest BCUT2D eigenvalue weighted by molar-refractivity contribution is 0.0674. The summed E-state index contributed by atoms with van der Waals surface area (Å²) in [4.78, 5) is 20.4. The molecule has 0 bridgehead atoms. The van der Waals surface area contributed by atoms with Crippen LogP contribution in [0, 0.1) is 11.3 Å². The molecule has 0 unspecified atom stereocenters. The van der Waals surface area contributed by atoms with E-state index in [1.807, 2.05) is 23.1 Å². The molecule has 1 aromatic heterocycles. The number of nitriles is 1. The van der Waals surface area contributed by atoms with Gasteiger partial charge in [-0.2, -0.15) is 5.26 Å². The van der Waals surface area contributed by atoms with Crippen LogP contribution < -0.4 is 4.90 Å². The fraction of sp³-hybridized carbons (Fsp3) is 0.278. The molecule has 0 radical (unpaired) electrons. The normalized spacial score (nSPS) is 17.9. The maximum Gasteiger partial charge on any atom is 0.254 e. The Labute approximate surface area is 140 Å². The van der Waals surface area contributed by atoms with E-state index in [9.17, 15) is 9.90 Å². The van der Waals surface area contributed by atoms with Gasteiger partial charge in [-0.25, -0.2) is 0 Å². The highest BCUT2D eigenvalue weighted by Gasteiger charge is 2.25. The molecule has 0 saturated carbocycles. The van der Waals surface area contributed by atoms with Crippen molar-refractivity contribution >= 4 is 11.6 Å². The Morgan fingerprint density at radius 3 is 2.75 bits per heavy atom. The molecule has 6 heteroatoms. The number of carbonyl (C=O) groups is 1. The number of hydrogen-bond donors (Lipinski definition) is 1. The Hall–Kier alpha value is -2.91. The molecule has 2 aromatic rings. The summed E-state index contributed by atoms with van der Waals surface area (Å²) in [6.45, 7) is 1.88. The molecular weight excluding hydrogens is 304 g/mol. The van der Waals surface area contributed by atoms with Crippen molar-refractivity contribution in [3.63, 3.8) is 0 Å². The van der Waals surface area contributed by atoms with Crippen LogP contribution in [-0.4, -0.2) is 53.2 Å². The lowest BCUT2D eigenvalue weighted by Crippen LogP contribution is -2.37. The van der Waals surface area contributed by atoms with Crippen molar-refractivity contribution in [2.45, 2.75) is 6.10 Å². The van der Waals surface area contributed by atoms with Gasteiger partial charge < -0.3 is 14.9 Å². The molecule has 24 heavy (non-hydrogen) atoms. The van der Waals surface area contributed by atoms with Crippen LogP contribution in [0.4, 0.5) is 5.69 Å². The average Bonchev–Trinajstić information content (AvgIpc) is 2.83. The van der Waals surface area contributed by atoms with Crippen LogP contribution in [0.25, 0.3) is 0 Å². The van der Waals surface area contributed by atoms with Crippen LogP contribution in [0.15, 0.2) is 48.8 Å². The second-order valence-electron chi connectivity index (χ2n) is 5.75. The predicted molar refractivity (Wildman–Crippen MR) is 89.5 cm³/mol. The fourth-order valence-electron chi connectivity index (χ4n) is 2.87. The molecule has 1 amide bonds. The summed E-state index contributed by atoms with van der Waals surface area (Å²) in [5.74, 6) is -0.164. The summed E-state index contributed by atoms with van der Waals surface area (Å²) in [6.07, 6.45) is 2.79. The van der Waals surface area contributed by atoms with E-state index in [-0.39, 0.29) is 12.5 Å². The molecule has 1 fully saturated rings. The Bertz CT molecular complexity index is 757. The van der Waals surface area contributed by atoms with E-state index in [1.165, 1.54) is 0 Å². The fourth-order valence-corrected chi connectivity index (χ4v) is 2.87. The third-order valence-corrected chi connectivity index (χ3v) is 4.06. The molecule has 1 N–H and O–H groups in total. The smallest absolute Gasteiger partial charge is 0.254 e. The standard InChI is InChI=1S/C18H18N4O2/c19-11-14-2-1-3-15(10-14)18(24)22-9-8-21(12-17(23)13-22)16-4-6-20-7-5-16/h1-7,10,17,23H,8-9,12-13H2/t17-/m0/s1. The van der Waals surface area contributed by atoms with Gasteiger partial charge in [-0.1, -0.05) is 6.07 Å². The zero-order valence-electron chi connectivity index (χ0n) is 13.2. The SMILES string of the molecule is N#Cc1cccc(C(=O)N2CCN(c3ccncc3)C[C@H](O)C2)c1. The summed E-state index contributed by atoms with van der Waals surface area (Å²) in [6, 6.07) is 12.5. The molecule has 122 valence electrons. The van der Waals surface area contributed by atoms with Gasteiger partial charge in [-0.3, -0.25) is 9.78 Å². The van der Waals surface area contributed by atoms with E-state index < -0.39 is 6.10 Å². The number of hydrogen-bond acceptors (Lipinski definition) is 5. The van der Waals surface area contributed by atoms with Crippen LogP contribution in [-0.2, 0) is 0 Å². The number of rotatable bonds is 2. The second kappa shape index (κ2) is 7.11. The number of β-amino-alcohol motifs (C(OH)–C–C–N with tert-alkyl or cyclic N) is 1. The minimum absolute atomic E-state index is 0.164. The van der Waals surface area contributed by atoms with Crippen molar-refractivity contribution in [1.82, 2.24) is 9.88 Å². The number of aromatic nitrogens is 1. The van der Waals surface area contributed by atoms with Crippen molar-refractivity contribution in [3.05, 3.63) is 59.9 Å². The van der Waals surface area contributed by atoms with Gasteiger partial charge in [0.25, 0.3) is 5.91 Å². The minimum atomic E-state index is -0.635. The highest BCUT2D eigenvalue weighted by Crippen LogP contribution is 2.17. The van der Waals surface area contributed by atoms with Gasteiger partial charge in [-0.05, 0) is 30.3 Å². The first-order chi connectivity index (χ1) is 11.7. The topological polar surface area (TPSA) is 80.5 Å². The lowest BCUT2D eigenvalue weighted by atomic mass is 10.1. The van der Waals surface area contributed by atoms with Gasteiger partial charge in [0.05, 0.1) is 17.7 Å². The summed E-state index contributed by atoms with van der Waals surface area (Å²) in [7, 11) is 0. The van der Waals surface area contributed by atoms with E-state index in [0.29, 0.717) is 30.8 Å². The second-order valence-corrected chi connectivity index (χ2v) is 5.75. The molecule has 1 aliphatic heterocycles. The molecule has 1 atom stereocenters. The number of anilines is 1. The lowest BCUT2D eigenvalue weighted by Gasteiger charge is -2.23. The zero-order chi connectivity index (χ0) is 16.9. The number of benzene rings is 1. The van der Waals surface area contributed by atoms with Gasteiger partial charge in [0, 0.05) is 49.8 Å². The maximum absolute atomic E-state index is 12.7. The van der Waals surface area contributed by atoms with Crippen molar-refractivity contribution < 1.29 is 9.90 Å². The molecule has 0 aliphatic carbocycles. The monoisotopic (exact) mass is 322 g/mol. The zero-order valence-corrected chi connectivity index (χ0v) is 13.2. The van der Waals surface area contributed by atoms with Crippen LogP contribution in [0.1, 0.15) is 15.9 Å². The van der Waals surface area contributed by atoms with E-state index in [1.54, 1.807) is 41.6 Å². The highest BCUT2D eigenvalue weighted by molar-refractivity contribution is 5.94. The van der Waals surface area contributed by atoms with Crippen LogP contribution in [0.2, 0.25) is 0 Å². The molecule has 0 spiro atoms. The van der Waals surface area contributed by atoms with Crippen molar-refractivity contribution in [2.75, 3.05) is 31.1 Å². The predicted octanol–water partition coefficient (Wildman–Crippen LogP) is 1.28. The van der Waals surface area contributed by atoms with Gasteiger partial charge in [-0.15, -0.1) is 0 Å². The summed E-state index contributed by atoms with van der Waals surface area (Å²) < 4.78 is 0. The molecule has 2 heterocycles. The number of amides is 1. The van der Waals surface area contributed by atoms with Gasteiger partial charge >= 0.3 is 0 Å². The number of nitrogens with zero attached hydrogens (tertiary/aromatic N) is 4. The highest BCUT2D eigenvalue weighted by atomic mass is 16.3. The van der Waals surface area contributed by atoms with E-state index in [2.05, 4.69) is 4.98 Å². The third-order valence-electron chi connectivity index (χ3n) is 4.06.